The third-order valence-corrected chi connectivity index (χ3v) is 10.2. The van der Waals surface area contributed by atoms with Gasteiger partial charge < -0.3 is 9.47 Å². The summed E-state index contributed by atoms with van der Waals surface area (Å²) in [4.78, 5) is 36.8. The highest BCUT2D eigenvalue weighted by Crippen LogP contribution is 2.66. The topological polar surface area (TPSA) is 69.7 Å². The second-order valence-electron chi connectivity index (χ2n) is 11.9. The van der Waals surface area contributed by atoms with E-state index in [1.165, 1.54) is 25.3 Å². The fraction of sp³-hybridized carbons (Fsp3) is 0.633. The van der Waals surface area contributed by atoms with E-state index in [1.54, 1.807) is 31.2 Å². The zero-order valence-electron chi connectivity index (χ0n) is 21.5. The molecular formula is C30H38O5. The van der Waals surface area contributed by atoms with Crippen LogP contribution in [-0.4, -0.2) is 23.8 Å². The zero-order chi connectivity index (χ0) is 25.0. The van der Waals surface area contributed by atoms with Gasteiger partial charge in [-0.15, -0.1) is 0 Å². The van der Waals surface area contributed by atoms with Crippen molar-refractivity contribution in [1.29, 1.82) is 0 Å². The smallest absolute Gasteiger partial charge is 0.342 e. The van der Waals surface area contributed by atoms with E-state index >= 15 is 0 Å². The van der Waals surface area contributed by atoms with Crippen molar-refractivity contribution in [3.05, 3.63) is 41.5 Å². The van der Waals surface area contributed by atoms with Gasteiger partial charge in [-0.1, -0.05) is 37.6 Å². The molecule has 188 valence electrons. The molecule has 0 aliphatic heterocycles. The summed E-state index contributed by atoms with van der Waals surface area (Å²) in [7, 11) is 0. The predicted molar refractivity (Wildman–Crippen MR) is 133 cm³/mol. The van der Waals surface area contributed by atoms with E-state index in [0.29, 0.717) is 29.1 Å². The van der Waals surface area contributed by atoms with Crippen LogP contribution < -0.4 is 4.74 Å². The van der Waals surface area contributed by atoms with Crippen LogP contribution in [0.25, 0.3) is 0 Å². The van der Waals surface area contributed by atoms with Gasteiger partial charge in [-0.2, -0.15) is 0 Å². The van der Waals surface area contributed by atoms with Gasteiger partial charge in [-0.3, -0.25) is 9.59 Å². The van der Waals surface area contributed by atoms with Crippen molar-refractivity contribution >= 4 is 17.7 Å². The van der Waals surface area contributed by atoms with Gasteiger partial charge in [0.05, 0.1) is 0 Å². The SMILES string of the molecule is CC(=O)Oc1ccccc1C(=O)OC1CC[C@@]2(C)C(=CC[C@H]3[C@@H]4CC[C@H](C(C)=O)[C@@]4(C)CC[C@@H]32)C1. The van der Waals surface area contributed by atoms with Gasteiger partial charge >= 0.3 is 11.9 Å². The second kappa shape index (κ2) is 8.90. The molecule has 1 unspecified atom stereocenters. The summed E-state index contributed by atoms with van der Waals surface area (Å²) in [5.41, 5.74) is 2.05. The summed E-state index contributed by atoms with van der Waals surface area (Å²) < 4.78 is 11.2. The Morgan fingerprint density at radius 3 is 2.46 bits per heavy atom. The Morgan fingerprint density at radius 2 is 1.71 bits per heavy atom. The van der Waals surface area contributed by atoms with E-state index in [-0.39, 0.29) is 28.6 Å². The predicted octanol–water partition coefficient (Wildman–Crippen LogP) is 6.31. The number of para-hydroxylation sites is 1. The van der Waals surface area contributed by atoms with Crippen LogP contribution in [0.3, 0.4) is 0 Å². The molecular weight excluding hydrogens is 440 g/mol. The molecule has 0 amide bonds. The van der Waals surface area contributed by atoms with Crippen LogP contribution in [0.2, 0.25) is 0 Å². The second-order valence-corrected chi connectivity index (χ2v) is 11.9. The lowest BCUT2D eigenvalue weighted by atomic mass is 9.47. The minimum atomic E-state index is -0.457. The van der Waals surface area contributed by atoms with E-state index in [2.05, 4.69) is 19.9 Å². The van der Waals surface area contributed by atoms with E-state index in [4.69, 9.17) is 9.47 Å². The van der Waals surface area contributed by atoms with Crippen molar-refractivity contribution in [3.63, 3.8) is 0 Å². The lowest BCUT2D eigenvalue weighted by molar-refractivity contribution is -0.132. The standard InChI is InChI=1S/C30H38O5/c1-18(31)24-11-12-25-22-10-9-20-17-21(13-15-29(20,3)26(22)14-16-30(24,25)4)35-28(33)23-7-5-6-8-27(23)34-19(2)32/h5-9,21-22,24-26H,10-17H2,1-4H3/t21?,22-,24+,25-,26-,29-,30+/m0/s1. The van der Waals surface area contributed by atoms with E-state index in [9.17, 15) is 14.4 Å². The summed E-state index contributed by atoms with van der Waals surface area (Å²) in [6.45, 7) is 7.94. The minimum absolute atomic E-state index is 0.150. The molecule has 0 radical (unpaired) electrons. The lowest BCUT2D eigenvalue weighted by Crippen LogP contribution is -2.51. The van der Waals surface area contributed by atoms with Gasteiger partial charge in [-0.25, -0.2) is 4.79 Å². The number of allylic oxidation sites excluding steroid dienone is 1. The molecule has 0 aromatic heterocycles. The molecule has 0 bridgehead atoms. The van der Waals surface area contributed by atoms with E-state index < -0.39 is 11.9 Å². The van der Waals surface area contributed by atoms with Gasteiger partial charge in [0.15, 0.2) is 0 Å². The Balaban J connectivity index is 1.31. The number of hydrogen-bond acceptors (Lipinski definition) is 5. The fourth-order valence-corrected chi connectivity index (χ4v) is 8.49. The van der Waals surface area contributed by atoms with Crippen LogP contribution in [0.15, 0.2) is 35.9 Å². The normalized spacial score (nSPS) is 37.8. The largest absolute Gasteiger partial charge is 0.458 e. The number of carbonyl (C=O) groups is 3. The van der Waals surface area contributed by atoms with E-state index in [1.807, 2.05) is 0 Å². The third kappa shape index (κ3) is 4.05. The van der Waals surface area contributed by atoms with Crippen molar-refractivity contribution in [2.75, 3.05) is 0 Å². The third-order valence-electron chi connectivity index (χ3n) is 10.2. The maximum atomic E-state index is 13.0. The minimum Gasteiger partial charge on any atom is -0.458 e. The zero-order valence-corrected chi connectivity index (χ0v) is 21.5. The summed E-state index contributed by atoms with van der Waals surface area (Å²) >= 11 is 0. The van der Waals surface area contributed by atoms with Gasteiger partial charge in [0.25, 0.3) is 0 Å². The molecule has 35 heavy (non-hydrogen) atoms. The van der Waals surface area contributed by atoms with Crippen molar-refractivity contribution in [2.24, 2.45) is 34.5 Å². The highest BCUT2D eigenvalue weighted by Gasteiger charge is 2.59. The first kappa shape index (κ1) is 24.3. The molecule has 4 aliphatic rings. The molecule has 3 saturated carbocycles. The molecule has 0 heterocycles. The summed E-state index contributed by atoms with van der Waals surface area (Å²) in [6, 6.07) is 6.76. The number of ketones is 1. The van der Waals surface area contributed by atoms with Crippen molar-refractivity contribution in [3.8, 4) is 5.75 Å². The van der Waals surface area contributed by atoms with Gasteiger partial charge in [0.2, 0.25) is 0 Å². The first-order valence-electron chi connectivity index (χ1n) is 13.3. The molecule has 1 aromatic carbocycles. The van der Waals surface area contributed by atoms with Crippen LogP contribution in [0, 0.1) is 34.5 Å². The molecule has 5 rings (SSSR count). The quantitative estimate of drug-likeness (QED) is 0.288. The lowest BCUT2D eigenvalue weighted by Gasteiger charge is -2.58. The number of fused-ring (bicyclic) bond motifs is 5. The van der Waals surface area contributed by atoms with Crippen molar-refractivity contribution in [2.45, 2.75) is 85.2 Å². The Kier molecular flexibility index (Phi) is 6.17. The Labute approximate surface area is 208 Å². The molecule has 5 nitrogen and oxygen atoms in total. The van der Waals surface area contributed by atoms with E-state index in [0.717, 1.165) is 38.5 Å². The summed E-state index contributed by atoms with van der Waals surface area (Å²) in [6.07, 6.45) is 10.6. The van der Waals surface area contributed by atoms with Crippen LogP contribution in [0.1, 0.15) is 89.4 Å². The maximum absolute atomic E-state index is 13.0. The highest BCUT2D eigenvalue weighted by atomic mass is 16.6. The molecule has 7 atom stereocenters. The Hall–Kier alpha value is -2.43. The maximum Gasteiger partial charge on any atom is 0.342 e. The number of Topliss-reactive ketones (excluding diaryl/α,β-unsaturated/α-hetero) is 1. The number of benzene rings is 1. The van der Waals surface area contributed by atoms with Gasteiger partial charge in [-0.05, 0) is 92.6 Å². The fourth-order valence-electron chi connectivity index (χ4n) is 8.49. The van der Waals surface area contributed by atoms with Gasteiger partial charge in [0, 0.05) is 19.3 Å². The summed E-state index contributed by atoms with van der Waals surface area (Å²) in [5.74, 6) is 1.91. The monoisotopic (exact) mass is 478 g/mol. The molecule has 0 saturated heterocycles. The molecule has 3 fully saturated rings. The number of carbonyl (C=O) groups excluding carboxylic acids is 3. The summed E-state index contributed by atoms with van der Waals surface area (Å²) in [5, 5.41) is 0. The molecule has 1 aromatic rings. The number of ether oxygens (including phenoxy) is 2. The highest BCUT2D eigenvalue weighted by molar-refractivity contribution is 5.93. The molecule has 0 spiro atoms. The average Bonchev–Trinajstić information content (AvgIpc) is 3.17. The van der Waals surface area contributed by atoms with Crippen molar-refractivity contribution < 1.29 is 23.9 Å². The van der Waals surface area contributed by atoms with Crippen molar-refractivity contribution in [1.82, 2.24) is 0 Å². The van der Waals surface area contributed by atoms with Crippen LogP contribution in [-0.2, 0) is 14.3 Å². The molecule has 4 aliphatic carbocycles. The number of rotatable bonds is 4. The van der Waals surface area contributed by atoms with Gasteiger partial charge in [0.1, 0.15) is 23.2 Å². The first-order valence-corrected chi connectivity index (χ1v) is 13.3. The Bertz CT molecular complexity index is 1070. The Morgan fingerprint density at radius 1 is 0.943 bits per heavy atom. The van der Waals surface area contributed by atoms with Crippen LogP contribution in [0.4, 0.5) is 0 Å². The van der Waals surface area contributed by atoms with Crippen LogP contribution in [0.5, 0.6) is 5.75 Å². The molecule has 0 N–H and O–H groups in total. The average molecular weight is 479 g/mol. The number of hydrogen-bond donors (Lipinski definition) is 0. The number of esters is 2. The van der Waals surface area contributed by atoms with Crippen LogP contribution >= 0.6 is 0 Å². The molecule has 5 heteroatoms. The first-order chi connectivity index (χ1) is 16.6.